The van der Waals surface area contributed by atoms with E-state index in [2.05, 4.69) is 5.32 Å². The van der Waals surface area contributed by atoms with Crippen LogP contribution in [0.4, 0.5) is 0 Å². The molecule has 114 valence electrons. The summed E-state index contributed by atoms with van der Waals surface area (Å²) in [6.45, 7) is 7.07. The smallest absolute Gasteiger partial charge is 0.282 e. The minimum Gasteiger partial charge on any atom is -0.383 e. The zero-order chi connectivity index (χ0) is 14.3. The topological polar surface area (TPSA) is 61.9 Å². The fourth-order valence-electron chi connectivity index (χ4n) is 2.37. The van der Waals surface area contributed by atoms with Crippen LogP contribution in [0.25, 0.3) is 0 Å². The van der Waals surface area contributed by atoms with Crippen LogP contribution in [0.15, 0.2) is 0 Å². The van der Waals surface area contributed by atoms with E-state index in [4.69, 9.17) is 4.74 Å². The van der Waals surface area contributed by atoms with Gasteiger partial charge in [-0.2, -0.15) is 17.0 Å². The number of hydrogen-bond acceptors (Lipinski definition) is 4. The van der Waals surface area contributed by atoms with E-state index in [1.807, 2.05) is 13.8 Å². The van der Waals surface area contributed by atoms with Crippen molar-refractivity contribution >= 4 is 10.2 Å². The molecule has 19 heavy (non-hydrogen) atoms. The minimum atomic E-state index is -3.38. The molecule has 1 rings (SSSR count). The Morgan fingerprint density at radius 2 is 1.95 bits per heavy atom. The van der Waals surface area contributed by atoms with Crippen LogP contribution >= 0.6 is 0 Å². The lowest BCUT2D eigenvalue weighted by molar-refractivity contribution is 0.173. The maximum atomic E-state index is 12.6. The molecule has 1 aliphatic heterocycles. The third kappa shape index (κ3) is 4.68. The fourth-order valence-corrected chi connectivity index (χ4v) is 4.02. The summed E-state index contributed by atoms with van der Waals surface area (Å²) in [5.41, 5.74) is 0. The van der Waals surface area contributed by atoms with Crippen molar-refractivity contribution in [3.8, 4) is 0 Å². The summed E-state index contributed by atoms with van der Waals surface area (Å²) in [4.78, 5) is 0. The lowest BCUT2D eigenvalue weighted by Gasteiger charge is -2.30. The molecule has 0 aromatic rings. The van der Waals surface area contributed by atoms with E-state index in [9.17, 15) is 8.42 Å². The Hall–Kier alpha value is -0.210. The third-order valence-corrected chi connectivity index (χ3v) is 5.64. The molecular weight excluding hydrogens is 266 g/mol. The van der Waals surface area contributed by atoms with Crippen molar-refractivity contribution in [2.75, 3.05) is 46.4 Å². The average molecular weight is 293 g/mol. The van der Waals surface area contributed by atoms with Crippen molar-refractivity contribution < 1.29 is 13.2 Å². The maximum absolute atomic E-state index is 12.6. The number of ether oxygens (including phenoxy) is 1. The van der Waals surface area contributed by atoms with Crippen LogP contribution in [0.2, 0.25) is 0 Å². The SMILES string of the molecule is CCN(CC)S(=O)(=O)N(CCOC)CC1CCCN1. The van der Waals surface area contributed by atoms with Gasteiger partial charge in [-0.3, -0.25) is 0 Å². The van der Waals surface area contributed by atoms with Gasteiger partial charge in [0.25, 0.3) is 10.2 Å². The van der Waals surface area contributed by atoms with Crippen LogP contribution < -0.4 is 5.32 Å². The quantitative estimate of drug-likeness (QED) is 0.663. The molecule has 0 aromatic heterocycles. The van der Waals surface area contributed by atoms with Gasteiger partial charge in [-0.05, 0) is 19.4 Å². The van der Waals surface area contributed by atoms with Gasteiger partial charge in [0, 0.05) is 39.3 Å². The lowest BCUT2D eigenvalue weighted by atomic mass is 10.2. The average Bonchev–Trinajstić information content (AvgIpc) is 2.88. The molecule has 1 N–H and O–H groups in total. The fraction of sp³-hybridized carbons (Fsp3) is 1.00. The second-order valence-corrected chi connectivity index (χ2v) is 6.66. The predicted octanol–water partition coefficient (Wildman–Crippen LogP) is 0.273. The molecule has 0 saturated carbocycles. The van der Waals surface area contributed by atoms with E-state index in [1.54, 1.807) is 11.4 Å². The zero-order valence-electron chi connectivity index (χ0n) is 12.3. The lowest BCUT2D eigenvalue weighted by Crippen LogP contribution is -2.49. The van der Waals surface area contributed by atoms with Gasteiger partial charge in [-0.25, -0.2) is 0 Å². The molecule has 1 aliphatic rings. The first-order valence-electron chi connectivity index (χ1n) is 7.03. The van der Waals surface area contributed by atoms with E-state index in [0.29, 0.717) is 32.8 Å². The number of methoxy groups -OCH3 is 1. The van der Waals surface area contributed by atoms with Crippen molar-refractivity contribution in [1.82, 2.24) is 13.9 Å². The van der Waals surface area contributed by atoms with Gasteiger partial charge in [0.2, 0.25) is 0 Å². The normalized spacial score (nSPS) is 20.6. The Balaban J connectivity index is 2.75. The van der Waals surface area contributed by atoms with Gasteiger partial charge < -0.3 is 10.1 Å². The maximum Gasteiger partial charge on any atom is 0.282 e. The summed E-state index contributed by atoms with van der Waals surface area (Å²) in [7, 11) is -1.78. The first-order chi connectivity index (χ1) is 9.06. The van der Waals surface area contributed by atoms with Crippen molar-refractivity contribution in [3.63, 3.8) is 0 Å². The van der Waals surface area contributed by atoms with Gasteiger partial charge in [0.05, 0.1) is 6.61 Å². The van der Waals surface area contributed by atoms with E-state index in [1.165, 1.54) is 4.31 Å². The Bertz CT molecular complexity index is 338. The molecule has 0 radical (unpaired) electrons. The van der Waals surface area contributed by atoms with E-state index >= 15 is 0 Å². The van der Waals surface area contributed by atoms with Crippen LogP contribution in [0.5, 0.6) is 0 Å². The van der Waals surface area contributed by atoms with Crippen LogP contribution in [0, 0.1) is 0 Å². The number of hydrogen-bond donors (Lipinski definition) is 1. The predicted molar refractivity (Wildman–Crippen MR) is 76.3 cm³/mol. The van der Waals surface area contributed by atoms with Crippen molar-refractivity contribution in [2.24, 2.45) is 0 Å². The van der Waals surface area contributed by atoms with Gasteiger partial charge in [0.1, 0.15) is 0 Å². The standard InChI is InChI=1S/C12H27N3O3S/c1-4-14(5-2)19(16,17)15(9-10-18-3)11-12-7-6-8-13-12/h12-13H,4-11H2,1-3H3. The van der Waals surface area contributed by atoms with Crippen LogP contribution in [-0.2, 0) is 14.9 Å². The molecule has 1 saturated heterocycles. The highest BCUT2D eigenvalue weighted by atomic mass is 32.2. The van der Waals surface area contributed by atoms with E-state index in [0.717, 1.165) is 19.4 Å². The van der Waals surface area contributed by atoms with Crippen LogP contribution in [-0.4, -0.2) is 69.5 Å². The molecule has 0 bridgehead atoms. The first kappa shape index (κ1) is 16.8. The molecule has 7 heteroatoms. The van der Waals surface area contributed by atoms with Gasteiger partial charge >= 0.3 is 0 Å². The summed E-state index contributed by atoms with van der Waals surface area (Å²) in [5, 5.41) is 3.35. The number of nitrogens with zero attached hydrogens (tertiary/aromatic N) is 2. The Morgan fingerprint density at radius 1 is 1.26 bits per heavy atom. The molecule has 1 unspecified atom stereocenters. The molecule has 0 amide bonds. The molecule has 1 fully saturated rings. The van der Waals surface area contributed by atoms with Crippen LogP contribution in [0.1, 0.15) is 26.7 Å². The van der Waals surface area contributed by atoms with Gasteiger partial charge in [-0.1, -0.05) is 13.8 Å². The van der Waals surface area contributed by atoms with E-state index < -0.39 is 10.2 Å². The summed E-state index contributed by atoms with van der Waals surface area (Å²) in [5.74, 6) is 0. The highest BCUT2D eigenvalue weighted by Crippen LogP contribution is 2.13. The highest BCUT2D eigenvalue weighted by molar-refractivity contribution is 7.86. The molecule has 1 atom stereocenters. The molecular formula is C12H27N3O3S. The molecule has 0 spiro atoms. The van der Waals surface area contributed by atoms with Crippen molar-refractivity contribution in [2.45, 2.75) is 32.7 Å². The summed E-state index contributed by atoms with van der Waals surface area (Å²) in [6.07, 6.45) is 2.16. The second-order valence-electron chi connectivity index (χ2n) is 4.74. The first-order valence-corrected chi connectivity index (χ1v) is 8.43. The summed E-state index contributed by atoms with van der Waals surface area (Å²) in [6, 6.07) is 0.266. The molecule has 0 aliphatic carbocycles. The van der Waals surface area contributed by atoms with Crippen molar-refractivity contribution in [1.29, 1.82) is 0 Å². The molecule has 1 heterocycles. The minimum absolute atomic E-state index is 0.266. The second kappa shape index (κ2) is 8.16. The number of rotatable bonds is 9. The summed E-state index contributed by atoms with van der Waals surface area (Å²) < 4.78 is 33.2. The monoisotopic (exact) mass is 293 g/mol. The summed E-state index contributed by atoms with van der Waals surface area (Å²) >= 11 is 0. The van der Waals surface area contributed by atoms with Gasteiger partial charge in [-0.15, -0.1) is 0 Å². The zero-order valence-corrected chi connectivity index (χ0v) is 13.1. The number of nitrogens with one attached hydrogen (secondary N) is 1. The van der Waals surface area contributed by atoms with Crippen LogP contribution in [0.3, 0.4) is 0 Å². The molecule has 0 aromatic carbocycles. The van der Waals surface area contributed by atoms with Crippen molar-refractivity contribution in [3.05, 3.63) is 0 Å². The van der Waals surface area contributed by atoms with Gasteiger partial charge in [0.15, 0.2) is 0 Å². The largest absolute Gasteiger partial charge is 0.383 e. The Morgan fingerprint density at radius 3 is 2.42 bits per heavy atom. The Kier molecular flexibility index (Phi) is 7.23. The highest BCUT2D eigenvalue weighted by Gasteiger charge is 2.30. The molecule has 6 nitrogen and oxygen atoms in total. The van der Waals surface area contributed by atoms with E-state index in [-0.39, 0.29) is 6.04 Å². The third-order valence-electron chi connectivity index (χ3n) is 3.49. The Labute approximate surface area is 117 Å².